The van der Waals surface area contributed by atoms with E-state index >= 15 is 0 Å². The minimum Gasteiger partial charge on any atom is -0.289 e. The lowest BCUT2D eigenvalue weighted by atomic mass is 9.76. The molecule has 0 radical (unpaired) electrons. The highest BCUT2D eigenvalue weighted by molar-refractivity contribution is 6.20. The van der Waals surface area contributed by atoms with Crippen molar-refractivity contribution in [3.8, 4) is 0 Å². The number of ketones is 8. The van der Waals surface area contributed by atoms with Gasteiger partial charge < -0.3 is 0 Å². The van der Waals surface area contributed by atoms with E-state index in [2.05, 4.69) is 0 Å². The largest absolute Gasteiger partial charge is 0.289 e. The highest BCUT2D eigenvalue weighted by Crippen LogP contribution is 2.41. The summed E-state index contributed by atoms with van der Waals surface area (Å²) in [6.45, 7) is 13.9. The molecule has 8 heteroatoms. The Morgan fingerprint density at radius 1 is 0.191 bits per heavy atom. The fraction of sp³-hybridized carbons (Fsp3) is 0.200. The monoisotopic (exact) mass is 896 g/mol. The third-order valence-electron chi connectivity index (χ3n) is 13.7. The van der Waals surface area contributed by atoms with Crippen molar-refractivity contribution in [2.75, 3.05) is 0 Å². The van der Waals surface area contributed by atoms with Gasteiger partial charge in [0.25, 0.3) is 0 Å². The molecular weight excluding hydrogens is 849 g/mol. The second kappa shape index (κ2) is 17.1. The zero-order valence-electron chi connectivity index (χ0n) is 39.3. The Hall–Kier alpha value is -7.84. The number of carbonyl (C=O) groups excluding carboxylic acids is 8. The molecule has 336 valence electrons. The Bertz CT molecular complexity index is 2730. The maximum absolute atomic E-state index is 14.9. The molecule has 0 spiro atoms. The van der Waals surface area contributed by atoms with Crippen LogP contribution in [0.2, 0.25) is 0 Å². The van der Waals surface area contributed by atoms with Crippen LogP contribution in [0, 0.1) is 0 Å². The molecule has 9 rings (SSSR count). The molecule has 8 bridgehead atoms. The average Bonchev–Trinajstić information content (AvgIpc) is 3.29. The standard InChI is InChI=1S/C60H48O8/c1-29-9-37(10-30(2)53(29)61)41-17-45-25-47-19-42(38-11-31(3)54(62)32(4)12-38)21-49(58(47)66)27-51-23-44(40-15-35(7)56(64)36(8)16-40)24-52(60(51)68)28-50-22-43(39-13-33(5)55(63)34(6)14-39)20-48(59(50)67)26-46(18-41)57(45)65/h9-24H,25-28H2,1-8H3. The van der Waals surface area contributed by atoms with Gasteiger partial charge in [-0.15, -0.1) is 0 Å². The molecule has 0 amide bonds. The molecule has 9 aliphatic carbocycles. The lowest BCUT2D eigenvalue weighted by Gasteiger charge is -2.26. The predicted octanol–water partition coefficient (Wildman–Crippen LogP) is 10.4. The van der Waals surface area contributed by atoms with Crippen molar-refractivity contribution in [2.45, 2.75) is 81.1 Å². The second-order valence-corrected chi connectivity index (χ2v) is 19.0. The first kappa shape index (κ1) is 45.3. The summed E-state index contributed by atoms with van der Waals surface area (Å²) in [6, 6.07) is 0. The van der Waals surface area contributed by atoms with Gasteiger partial charge in [0, 0.05) is 70.3 Å². The van der Waals surface area contributed by atoms with Crippen LogP contribution in [0.25, 0.3) is 0 Å². The Kier molecular flexibility index (Phi) is 11.4. The van der Waals surface area contributed by atoms with Crippen LogP contribution in [-0.4, -0.2) is 46.3 Å². The van der Waals surface area contributed by atoms with Crippen molar-refractivity contribution in [3.63, 3.8) is 0 Å². The number of allylic oxidation sites excluding steroid dienone is 40. The summed E-state index contributed by atoms with van der Waals surface area (Å²) in [5.74, 6) is -1.74. The van der Waals surface area contributed by atoms with E-state index in [9.17, 15) is 38.4 Å². The summed E-state index contributed by atoms with van der Waals surface area (Å²) < 4.78 is 0. The van der Waals surface area contributed by atoms with Crippen LogP contribution in [-0.2, 0) is 38.4 Å². The second-order valence-electron chi connectivity index (χ2n) is 19.0. The van der Waals surface area contributed by atoms with Crippen LogP contribution >= 0.6 is 0 Å². The van der Waals surface area contributed by atoms with E-state index in [1.165, 1.54) is 0 Å². The molecule has 0 unspecified atom stereocenters. The van der Waals surface area contributed by atoms with Gasteiger partial charge in [-0.2, -0.15) is 0 Å². The summed E-state index contributed by atoms with van der Waals surface area (Å²) in [5, 5.41) is 0. The lowest BCUT2D eigenvalue weighted by Crippen LogP contribution is -2.22. The highest BCUT2D eigenvalue weighted by atomic mass is 16.2. The molecule has 0 heterocycles. The van der Waals surface area contributed by atoms with Crippen LogP contribution in [0.4, 0.5) is 0 Å². The molecular formula is C60H48O8. The van der Waals surface area contributed by atoms with E-state index < -0.39 is 0 Å². The molecule has 0 atom stereocenters. The molecule has 0 aromatic heterocycles. The SMILES string of the molecule is CC1=CC(=C2C=C3CC4=CC(=C5C=C(C)C(=O)C(C)=C5)C=C(CC5=CC(=C6C=C(C)C(=O)C(C)=C6)C=C(CC6=CC(=C7C=C(C)C(=O)C(C)=C7)C=C(CC(=C2)C3=O)C6=O)C5=O)C4=O)C=C(C)C1=O. The van der Waals surface area contributed by atoms with Gasteiger partial charge in [-0.05, 0) is 242 Å². The van der Waals surface area contributed by atoms with E-state index in [1.54, 1.807) is 153 Å². The van der Waals surface area contributed by atoms with Gasteiger partial charge >= 0.3 is 0 Å². The van der Waals surface area contributed by atoms with Gasteiger partial charge in [-0.25, -0.2) is 0 Å². The number of Topliss-reactive ketones (excluding diaryl/α,β-unsaturated/α-hetero) is 8. The predicted molar refractivity (Wildman–Crippen MR) is 261 cm³/mol. The van der Waals surface area contributed by atoms with Crippen molar-refractivity contribution < 1.29 is 38.4 Å². The molecule has 0 saturated heterocycles. The van der Waals surface area contributed by atoms with Gasteiger partial charge in [-0.1, -0.05) is 0 Å². The van der Waals surface area contributed by atoms with E-state index in [1.807, 2.05) is 0 Å². The molecule has 0 aliphatic heterocycles. The van der Waals surface area contributed by atoms with Crippen LogP contribution < -0.4 is 0 Å². The normalized spacial score (nSPS) is 22.7. The van der Waals surface area contributed by atoms with E-state index in [0.29, 0.717) is 134 Å². The molecule has 9 aliphatic rings. The maximum Gasteiger partial charge on any atom is 0.185 e. The fourth-order valence-corrected chi connectivity index (χ4v) is 10.0. The summed E-state index contributed by atoms with van der Waals surface area (Å²) in [6.07, 6.45) is 27.8. The zero-order chi connectivity index (χ0) is 48.6. The molecule has 1 fully saturated rings. The summed E-state index contributed by atoms with van der Waals surface area (Å²) in [7, 11) is 0. The van der Waals surface area contributed by atoms with Crippen molar-refractivity contribution in [1.29, 1.82) is 0 Å². The van der Waals surface area contributed by atoms with E-state index in [4.69, 9.17) is 0 Å². The Labute approximate surface area is 395 Å². The van der Waals surface area contributed by atoms with Crippen molar-refractivity contribution in [3.05, 3.63) is 231 Å². The van der Waals surface area contributed by atoms with Crippen molar-refractivity contribution in [1.82, 2.24) is 0 Å². The topological polar surface area (TPSA) is 137 Å². The van der Waals surface area contributed by atoms with Gasteiger partial charge in [0.1, 0.15) is 0 Å². The number of fused-ring (bicyclic) bond motifs is 8. The van der Waals surface area contributed by atoms with Crippen LogP contribution in [0.15, 0.2) is 231 Å². The summed E-state index contributed by atoms with van der Waals surface area (Å²) >= 11 is 0. The third kappa shape index (κ3) is 8.21. The van der Waals surface area contributed by atoms with Gasteiger partial charge in [0.15, 0.2) is 46.3 Å². The maximum atomic E-state index is 14.9. The van der Waals surface area contributed by atoms with Crippen molar-refractivity contribution in [2.24, 2.45) is 0 Å². The number of rotatable bonds is 0. The first-order chi connectivity index (χ1) is 32.2. The fourth-order valence-electron chi connectivity index (χ4n) is 10.0. The summed E-state index contributed by atoms with van der Waals surface area (Å²) in [5.41, 5.74) is 12.0. The number of hydrogen-bond acceptors (Lipinski definition) is 8. The highest BCUT2D eigenvalue weighted by Gasteiger charge is 2.34. The zero-order valence-corrected chi connectivity index (χ0v) is 39.3. The molecule has 0 aromatic rings. The number of hydrogen-bond donors (Lipinski definition) is 0. The van der Waals surface area contributed by atoms with Gasteiger partial charge in [0.2, 0.25) is 0 Å². The van der Waals surface area contributed by atoms with Gasteiger partial charge in [-0.3, -0.25) is 38.4 Å². The van der Waals surface area contributed by atoms with Gasteiger partial charge in [0.05, 0.1) is 0 Å². The minimum atomic E-state index is -0.344. The van der Waals surface area contributed by atoms with Crippen LogP contribution in [0.3, 0.4) is 0 Å². The molecule has 0 aromatic carbocycles. The molecule has 1 saturated carbocycles. The lowest BCUT2D eigenvalue weighted by molar-refractivity contribution is -0.114. The average molecular weight is 897 g/mol. The van der Waals surface area contributed by atoms with E-state index in [-0.39, 0.29) is 71.9 Å². The Balaban J connectivity index is 1.30. The number of carbonyl (C=O) groups is 8. The Morgan fingerprint density at radius 2 is 0.309 bits per heavy atom. The minimum absolute atomic E-state index is 0.0912. The third-order valence-corrected chi connectivity index (χ3v) is 13.7. The van der Waals surface area contributed by atoms with Crippen LogP contribution in [0.5, 0.6) is 0 Å². The first-order valence-corrected chi connectivity index (χ1v) is 22.7. The molecule has 8 nitrogen and oxygen atoms in total. The van der Waals surface area contributed by atoms with Crippen LogP contribution in [0.1, 0.15) is 81.1 Å². The first-order valence-electron chi connectivity index (χ1n) is 22.7. The Morgan fingerprint density at radius 3 is 0.441 bits per heavy atom. The quantitative estimate of drug-likeness (QED) is 0.234. The van der Waals surface area contributed by atoms with E-state index in [0.717, 1.165) is 0 Å². The summed E-state index contributed by atoms with van der Waals surface area (Å²) in [4.78, 5) is 111. The van der Waals surface area contributed by atoms with Crippen molar-refractivity contribution >= 4 is 46.3 Å². The molecule has 0 N–H and O–H groups in total. The smallest absolute Gasteiger partial charge is 0.185 e. The molecule has 68 heavy (non-hydrogen) atoms.